The molecule has 0 unspecified atom stereocenters. The van der Waals surface area contributed by atoms with Crippen LogP contribution in [-0.2, 0) is 9.53 Å². The molecule has 0 aliphatic carbocycles. The maximum atomic E-state index is 11.3. The van der Waals surface area contributed by atoms with Crippen molar-refractivity contribution >= 4 is 29.3 Å². The van der Waals surface area contributed by atoms with Gasteiger partial charge in [-0.1, -0.05) is 0 Å². The first-order valence-corrected chi connectivity index (χ1v) is 5.89. The summed E-state index contributed by atoms with van der Waals surface area (Å²) in [5.74, 6) is -0.288. The maximum absolute atomic E-state index is 11.3. The van der Waals surface area contributed by atoms with Crippen molar-refractivity contribution in [2.45, 2.75) is 32.8 Å². The fraction of sp³-hybridized carbons (Fsp3) is 0.700. The number of carbonyl (C=O) groups excluding carboxylic acids is 2. The lowest BCUT2D eigenvalue weighted by Crippen LogP contribution is -2.46. The molecule has 0 aromatic heterocycles. The third kappa shape index (κ3) is 9.64. The summed E-state index contributed by atoms with van der Waals surface area (Å²) in [6.07, 6.45) is -0.424. The third-order valence-corrected chi connectivity index (χ3v) is 1.87. The van der Waals surface area contributed by atoms with Gasteiger partial charge in [0.05, 0.1) is 0 Å². The molecule has 7 nitrogen and oxygen atoms in total. The average Bonchev–Trinajstić information content (AvgIpc) is 2.23. The normalized spacial score (nSPS) is 10.2. The van der Waals surface area contributed by atoms with Crippen LogP contribution >= 0.6 is 12.2 Å². The van der Waals surface area contributed by atoms with Crippen molar-refractivity contribution in [3.8, 4) is 0 Å². The van der Waals surface area contributed by atoms with Crippen molar-refractivity contribution in [1.29, 1.82) is 0 Å². The quantitative estimate of drug-likeness (QED) is 0.429. The smallest absolute Gasteiger partial charge is 0.407 e. The summed E-state index contributed by atoms with van der Waals surface area (Å²) in [4.78, 5) is 22.5. The van der Waals surface area contributed by atoms with E-state index in [0.717, 1.165) is 0 Å². The minimum atomic E-state index is -0.549. The first kappa shape index (κ1) is 16.4. The molecule has 0 spiro atoms. The Hall–Kier alpha value is -1.57. The first-order valence-electron chi connectivity index (χ1n) is 5.48. The van der Waals surface area contributed by atoms with Crippen LogP contribution in [0.25, 0.3) is 0 Å². The first-order chi connectivity index (χ1) is 8.24. The van der Waals surface area contributed by atoms with E-state index >= 15 is 0 Å². The molecular formula is C10H20N4O3S. The molecule has 0 aromatic rings. The third-order valence-electron chi connectivity index (χ3n) is 1.56. The van der Waals surface area contributed by atoms with Crippen LogP contribution in [0.5, 0.6) is 0 Å². The zero-order chi connectivity index (χ0) is 14.2. The molecule has 0 bridgehead atoms. The summed E-state index contributed by atoms with van der Waals surface area (Å²) >= 11 is 4.76. The molecule has 0 aromatic carbocycles. The van der Waals surface area contributed by atoms with Gasteiger partial charge in [0.25, 0.3) is 0 Å². The van der Waals surface area contributed by atoms with Crippen LogP contribution in [0.1, 0.15) is 27.2 Å². The van der Waals surface area contributed by atoms with Crippen molar-refractivity contribution in [2.75, 3.05) is 13.6 Å². The molecule has 104 valence electrons. The van der Waals surface area contributed by atoms with Crippen LogP contribution in [-0.4, -0.2) is 36.3 Å². The highest BCUT2D eigenvalue weighted by Crippen LogP contribution is 2.06. The second-order valence-electron chi connectivity index (χ2n) is 4.43. The SMILES string of the molecule is CNC(=S)NNC(=O)CCNC(=O)OC(C)(C)C. The van der Waals surface area contributed by atoms with Crippen molar-refractivity contribution in [3.63, 3.8) is 0 Å². The summed E-state index contributed by atoms with van der Waals surface area (Å²) in [7, 11) is 1.63. The molecule has 0 atom stereocenters. The molecule has 0 aliphatic heterocycles. The minimum Gasteiger partial charge on any atom is -0.444 e. The maximum Gasteiger partial charge on any atom is 0.407 e. The Morgan fingerprint density at radius 2 is 1.83 bits per heavy atom. The predicted molar refractivity (Wildman–Crippen MR) is 71.8 cm³/mol. The topological polar surface area (TPSA) is 91.5 Å². The number of thiocarbonyl (C=S) groups is 1. The largest absolute Gasteiger partial charge is 0.444 e. The van der Waals surface area contributed by atoms with E-state index in [0.29, 0.717) is 5.11 Å². The lowest BCUT2D eigenvalue weighted by atomic mass is 10.2. The lowest BCUT2D eigenvalue weighted by Gasteiger charge is -2.19. The van der Waals surface area contributed by atoms with Gasteiger partial charge < -0.3 is 15.4 Å². The lowest BCUT2D eigenvalue weighted by molar-refractivity contribution is -0.121. The van der Waals surface area contributed by atoms with Crippen molar-refractivity contribution in [2.24, 2.45) is 0 Å². The average molecular weight is 276 g/mol. The number of hydrogen-bond acceptors (Lipinski definition) is 4. The summed E-state index contributed by atoms with van der Waals surface area (Å²) < 4.78 is 5.01. The number of amides is 2. The molecular weight excluding hydrogens is 256 g/mol. The van der Waals surface area contributed by atoms with Gasteiger partial charge >= 0.3 is 6.09 Å². The molecule has 0 radical (unpaired) electrons. The summed E-state index contributed by atoms with van der Waals surface area (Å²) in [5, 5.41) is 5.42. The van der Waals surface area contributed by atoms with Gasteiger partial charge in [-0.05, 0) is 33.0 Å². The van der Waals surface area contributed by atoms with Gasteiger partial charge in [-0.3, -0.25) is 15.6 Å². The van der Waals surface area contributed by atoms with Crippen molar-refractivity contribution in [1.82, 2.24) is 21.5 Å². The van der Waals surface area contributed by atoms with Gasteiger partial charge in [-0.2, -0.15) is 0 Å². The van der Waals surface area contributed by atoms with E-state index in [1.54, 1.807) is 27.8 Å². The van der Waals surface area contributed by atoms with Gasteiger partial charge in [0, 0.05) is 20.0 Å². The number of hydrazine groups is 1. The zero-order valence-corrected chi connectivity index (χ0v) is 11.9. The van der Waals surface area contributed by atoms with Crippen molar-refractivity contribution in [3.05, 3.63) is 0 Å². The Balaban J connectivity index is 3.68. The van der Waals surface area contributed by atoms with Crippen LogP contribution in [0.3, 0.4) is 0 Å². The number of rotatable bonds is 3. The Bertz CT molecular complexity index is 315. The molecule has 4 N–H and O–H groups in total. The Kier molecular flexibility index (Phi) is 7.03. The fourth-order valence-corrected chi connectivity index (χ4v) is 0.895. The summed E-state index contributed by atoms with van der Waals surface area (Å²) in [6.45, 7) is 5.49. The number of carbonyl (C=O) groups is 2. The molecule has 0 fully saturated rings. The predicted octanol–water partition coefficient (Wildman–Crippen LogP) is 0.0263. The number of alkyl carbamates (subject to hydrolysis) is 1. The van der Waals surface area contributed by atoms with Crippen molar-refractivity contribution < 1.29 is 14.3 Å². The van der Waals surface area contributed by atoms with Gasteiger partial charge in [0.15, 0.2) is 5.11 Å². The monoisotopic (exact) mass is 276 g/mol. The van der Waals surface area contributed by atoms with E-state index in [4.69, 9.17) is 17.0 Å². The van der Waals surface area contributed by atoms with Crippen LogP contribution < -0.4 is 21.5 Å². The Labute approximate surface area is 112 Å². The highest BCUT2D eigenvalue weighted by atomic mass is 32.1. The molecule has 0 rings (SSSR count). The number of nitrogens with one attached hydrogen (secondary N) is 4. The van der Waals surface area contributed by atoms with Gasteiger partial charge in [0.2, 0.25) is 5.91 Å². The standard InChI is InChI=1S/C10H20N4O3S/c1-10(2,3)17-9(16)12-6-5-7(15)13-14-8(18)11-4/h5-6H2,1-4H3,(H,12,16)(H,13,15)(H2,11,14,18). The second kappa shape index (κ2) is 7.70. The second-order valence-corrected chi connectivity index (χ2v) is 4.84. The number of ether oxygens (including phenoxy) is 1. The van der Waals surface area contributed by atoms with Crippen LogP contribution in [0.15, 0.2) is 0 Å². The molecule has 0 aliphatic rings. The molecule has 8 heteroatoms. The fourth-order valence-electron chi connectivity index (χ4n) is 0.844. The van der Waals surface area contributed by atoms with E-state index in [1.165, 1.54) is 0 Å². The molecule has 2 amide bonds. The van der Waals surface area contributed by atoms with E-state index in [9.17, 15) is 9.59 Å². The van der Waals surface area contributed by atoms with E-state index < -0.39 is 11.7 Å². The Morgan fingerprint density at radius 3 is 2.33 bits per heavy atom. The van der Waals surface area contributed by atoms with Gasteiger partial charge in [0.1, 0.15) is 5.60 Å². The number of hydrogen-bond donors (Lipinski definition) is 4. The van der Waals surface area contributed by atoms with Crippen LogP contribution in [0.2, 0.25) is 0 Å². The van der Waals surface area contributed by atoms with Gasteiger partial charge in [-0.15, -0.1) is 0 Å². The Morgan fingerprint density at radius 1 is 1.22 bits per heavy atom. The zero-order valence-electron chi connectivity index (χ0n) is 11.0. The summed E-state index contributed by atoms with van der Waals surface area (Å²) in [5.41, 5.74) is 4.31. The highest BCUT2D eigenvalue weighted by molar-refractivity contribution is 7.80. The van der Waals surface area contributed by atoms with Crippen LogP contribution in [0.4, 0.5) is 4.79 Å². The molecule has 0 heterocycles. The summed E-state index contributed by atoms with van der Waals surface area (Å²) in [6, 6.07) is 0. The molecule has 0 saturated carbocycles. The molecule has 18 heavy (non-hydrogen) atoms. The van der Waals surface area contributed by atoms with E-state index in [1.807, 2.05) is 0 Å². The molecule has 0 saturated heterocycles. The van der Waals surface area contributed by atoms with E-state index in [2.05, 4.69) is 21.5 Å². The van der Waals surface area contributed by atoms with Gasteiger partial charge in [-0.25, -0.2) is 4.79 Å². The highest BCUT2D eigenvalue weighted by Gasteiger charge is 2.15. The van der Waals surface area contributed by atoms with E-state index in [-0.39, 0.29) is 18.9 Å². The minimum absolute atomic E-state index is 0.124. The van der Waals surface area contributed by atoms with Crippen LogP contribution in [0, 0.1) is 0 Å².